The molecular weight excluding hydrogens is 348 g/mol. The van der Waals surface area contributed by atoms with Crippen molar-refractivity contribution in [3.63, 3.8) is 0 Å². The van der Waals surface area contributed by atoms with E-state index in [2.05, 4.69) is 26.3 Å². The van der Waals surface area contributed by atoms with Crippen LogP contribution in [0.5, 0.6) is 0 Å². The highest BCUT2D eigenvalue weighted by Crippen LogP contribution is 1.82. The Hall–Kier alpha value is -2.94. The topological polar surface area (TPSA) is 149 Å². The fourth-order valence-corrected chi connectivity index (χ4v) is 0. The molecule has 8 nitrogen and oxygen atoms in total. The van der Waals surface area contributed by atoms with Gasteiger partial charge in [-0.25, -0.2) is 19.2 Å². The van der Waals surface area contributed by atoms with Gasteiger partial charge in [0.25, 0.3) is 0 Å². The summed E-state index contributed by atoms with van der Waals surface area (Å²) in [6, 6.07) is 0. The fraction of sp³-hybridized carbons (Fsp3) is 0.250. The van der Waals surface area contributed by atoms with E-state index in [1.807, 2.05) is 0 Å². The number of carbonyl (C=O) groups is 4. The molecule has 0 fully saturated rings. The van der Waals surface area contributed by atoms with E-state index in [-0.39, 0.29) is 33.3 Å². The second-order valence-electron chi connectivity index (χ2n) is 4.34. The Balaban J connectivity index is -0.0000000702. The maximum absolute atomic E-state index is 9.60. The first-order valence-corrected chi connectivity index (χ1v) is 6.13. The van der Waals surface area contributed by atoms with Crippen LogP contribution in [0, 0.1) is 0 Å². The van der Waals surface area contributed by atoms with Crippen LogP contribution >= 0.6 is 0 Å². The number of hydrogen-bond acceptors (Lipinski definition) is 4. The van der Waals surface area contributed by atoms with Crippen LogP contribution in [0.1, 0.15) is 27.7 Å². The highest BCUT2D eigenvalue weighted by molar-refractivity contribution is 5.85. The highest BCUT2D eigenvalue weighted by Gasteiger charge is 1.91. The Morgan fingerprint density at radius 2 is 0.520 bits per heavy atom. The third-order valence-corrected chi connectivity index (χ3v) is 1.46. The standard InChI is InChI=1S/4C4H6O2.Si/c4*1-3(2)4(5)6;/h4*1H2,2H3,(H,5,6);. The molecule has 0 atom stereocenters. The number of carboxylic acids is 4. The lowest BCUT2D eigenvalue weighted by Gasteiger charge is -1.79. The van der Waals surface area contributed by atoms with Crippen molar-refractivity contribution in [2.24, 2.45) is 0 Å². The Bertz CT molecular complexity index is 388. The zero-order valence-electron chi connectivity index (χ0n) is 14.8. The quantitative estimate of drug-likeness (QED) is 0.433. The average Bonchev–Trinajstić information content (AvgIpc) is 2.40. The molecule has 0 aromatic carbocycles. The van der Waals surface area contributed by atoms with Crippen LogP contribution in [0.4, 0.5) is 0 Å². The lowest BCUT2D eigenvalue weighted by molar-refractivity contribution is -0.133. The molecule has 0 bridgehead atoms. The second-order valence-corrected chi connectivity index (χ2v) is 4.34. The molecule has 25 heavy (non-hydrogen) atoms. The summed E-state index contributed by atoms with van der Waals surface area (Å²) in [5.41, 5.74) is 0.704. The van der Waals surface area contributed by atoms with Gasteiger partial charge in [0.1, 0.15) is 0 Å². The lowest BCUT2D eigenvalue weighted by atomic mass is 10.4. The summed E-state index contributed by atoms with van der Waals surface area (Å²) in [7, 11) is 0. The first-order chi connectivity index (χ1) is 10.6. The Kier molecular flexibility index (Phi) is 25.7. The van der Waals surface area contributed by atoms with E-state index in [0.29, 0.717) is 0 Å². The summed E-state index contributed by atoms with van der Waals surface area (Å²) >= 11 is 0. The van der Waals surface area contributed by atoms with E-state index < -0.39 is 23.9 Å². The van der Waals surface area contributed by atoms with Crippen molar-refractivity contribution >= 4 is 34.8 Å². The summed E-state index contributed by atoms with van der Waals surface area (Å²) in [6.07, 6.45) is 0. The third-order valence-electron chi connectivity index (χ3n) is 1.46. The van der Waals surface area contributed by atoms with Crippen molar-refractivity contribution in [1.29, 1.82) is 0 Å². The van der Waals surface area contributed by atoms with Gasteiger partial charge in [0, 0.05) is 33.3 Å². The molecular formula is C16H24O8Si. The van der Waals surface area contributed by atoms with Gasteiger partial charge in [-0.3, -0.25) is 0 Å². The van der Waals surface area contributed by atoms with Crippen LogP contribution in [0.3, 0.4) is 0 Å². The van der Waals surface area contributed by atoms with Crippen LogP contribution in [0.15, 0.2) is 48.6 Å². The Morgan fingerprint density at radius 3 is 0.520 bits per heavy atom. The third kappa shape index (κ3) is 44.9. The number of aliphatic carboxylic acids is 4. The van der Waals surface area contributed by atoms with Gasteiger partial charge < -0.3 is 20.4 Å². The minimum absolute atomic E-state index is 0. The molecule has 4 radical (unpaired) electrons. The van der Waals surface area contributed by atoms with Crippen LogP contribution in [-0.4, -0.2) is 55.3 Å². The van der Waals surface area contributed by atoms with Gasteiger partial charge in [-0.15, -0.1) is 0 Å². The van der Waals surface area contributed by atoms with Crippen molar-refractivity contribution < 1.29 is 39.6 Å². The summed E-state index contributed by atoms with van der Waals surface area (Å²) in [6.45, 7) is 18.4. The SMILES string of the molecule is C=C(C)C(=O)O.C=C(C)C(=O)O.C=C(C)C(=O)O.C=C(C)C(=O)O.[Si]. The van der Waals surface area contributed by atoms with Crippen molar-refractivity contribution in [3.8, 4) is 0 Å². The van der Waals surface area contributed by atoms with E-state index in [4.69, 9.17) is 20.4 Å². The van der Waals surface area contributed by atoms with E-state index in [0.717, 1.165) is 0 Å². The van der Waals surface area contributed by atoms with Gasteiger partial charge in [-0.1, -0.05) is 26.3 Å². The molecule has 0 aliphatic carbocycles. The van der Waals surface area contributed by atoms with E-state index in [1.165, 1.54) is 27.7 Å². The molecule has 0 spiro atoms. The molecule has 0 amide bonds. The smallest absolute Gasteiger partial charge is 0.330 e. The lowest BCUT2D eigenvalue weighted by Crippen LogP contribution is -1.92. The maximum Gasteiger partial charge on any atom is 0.330 e. The van der Waals surface area contributed by atoms with Gasteiger partial charge >= 0.3 is 23.9 Å². The predicted octanol–water partition coefficient (Wildman–Crippen LogP) is 2.21. The number of rotatable bonds is 4. The Labute approximate surface area is 151 Å². The molecule has 0 aromatic heterocycles. The molecule has 0 aliphatic rings. The molecule has 140 valence electrons. The largest absolute Gasteiger partial charge is 0.478 e. The summed E-state index contributed by atoms with van der Waals surface area (Å²) in [5.74, 6) is -3.74. The van der Waals surface area contributed by atoms with Gasteiger partial charge in [-0.05, 0) is 27.7 Å². The second kappa shape index (κ2) is 19.1. The van der Waals surface area contributed by atoms with Crippen molar-refractivity contribution in [2.45, 2.75) is 27.7 Å². The van der Waals surface area contributed by atoms with Gasteiger partial charge in [0.2, 0.25) is 0 Å². The van der Waals surface area contributed by atoms with Crippen molar-refractivity contribution in [1.82, 2.24) is 0 Å². The zero-order valence-corrected chi connectivity index (χ0v) is 15.8. The van der Waals surface area contributed by atoms with Crippen LogP contribution < -0.4 is 0 Å². The van der Waals surface area contributed by atoms with Gasteiger partial charge in [0.15, 0.2) is 0 Å². The molecule has 0 unspecified atom stereocenters. The number of carboxylic acid groups (broad SMARTS) is 4. The zero-order chi connectivity index (χ0) is 20.6. The first-order valence-electron chi connectivity index (χ1n) is 6.13. The normalized spacial score (nSPS) is 7.20. The molecule has 9 heteroatoms. The fourth-order valence-electron chi connectivity index (χ4n) is 0. The van der Waals surface area contributed by atoms with E-state index in [9.17, 15) is 19.2 Å². The molecule has 0 aromatic rings. The molecule has 0 saturated carbocycles. The maximum atomic E-state index is 9.60. The van der Waals surface area contributed by atoms with Crippen molar-refractivity contribution in [3.05, 3.63) is 48.6 Å². The molecule has 0 heterocycles. The molecule has 0 rings (SSSR count). The van der Waals surface area contributed by atoms with Crippen LogP contribution in [0.2, 0.25) is 0 Å². The summed E-state index contributed by atoms with van der Waals surface area (Å²) in [4.78, 5) is 38.4. The molecule has 0 saturated heterocycles. The van der Waals surface area contributed by atoms with Gasteiger partial charge in [-0.2, -0.15) is 0 Å². The minimum atomic E-state index is -0.935. The highest BCUT2D eigenvalue weighted by atomic mass is 28.1. The minimum Gasteiger partial charge on any atom is -0.478 e. The summed E-state index contributed by atoms with van der Waals surface area (Å²) < 4.78 is 0. The Morgan fingerprint density at radius 1 is 0.480 bits per heavy atom. The first kappa shape index (κ1) is 33.6. The van der Waals surface area contributed by atoms with Gasteiger partial charge in [0.05, 0.1) is 0 Å². The van der Waals surface area contributed by atoms with Crippen molar-refractivity contribution in [2.75, 3.05) is 0 Å². The van der Waals surface area contributed by atoms with E-state index in [1.54, 1.807) is 0 Å². The van der Waals surface area contributed by atoms with Crippen LogP contribution in [-0.2, 0) is 19.2 Å². The summed E-state index contributed by atoms with van der Waals surface area (Å²) in [5, 5.41) is 31.6. The number of hydrogen-bond donors (Lipinski definition) is 4. The predicted molar refractivity (Wildman–Crippen MR) is 95.6 cm³/mol. The molecule has 4 N–H and O–H groups in total. The van der Waals surface area contributed by atoms with E-state index >= 15 is 0 Å². The van der Waals surface area contributed by atoms with Crippen LogP contribution in [0.25, 0.3) is 0 Å². The average molecular weight is 372 g/mol. The monoisotopic (exact) mass is 372 g/mol. The molecule has 0 aliphatic heterocycles.